The van der Waals surface area contributed by atoms with E-state index in [1.807, 2.05) is 22.7 Å². The van der Waals surface area contributed by atoms with Crippen molar-refractivity contribution < 1.29 is 9.90 Å². The lowest BCUT2D eigenvalue weighted by atomic mass is 10.0. The van der Waals surface area contributed by atoms with Gasteiger partial charge in [-0.1, -0.05) is 31.2 Å². The van der Waals surface area contributed by atoms with Crippen LogP contribution >= 0.6 is 0 Å². The van der Waals surface area contributed by atoms with Gasteiger partial charge in [0.05, 0.1) is 12.2 Å². The van der Waals surface area contributed by atoms with Crippen molar-refractivity contribution in [1.82, 2.24) is 14.7 Å². The molecule has 2 aromatic rings. The molecule has 24 heavy (non-hydrogen) atoms. The first-order valence-corrected chi connectivity index (χ1v) is 8.73. The number of piperidine rings is 1. The summed E-state index contributed by atoms with van der Waals surface area (Å²) in [6.07, 6.45) is 7.20. The maximum Gasteiger partial charge on any atom is 0.222 e. The van der Waals surface area contributed by atoms with Crippen LogP contribution in [-0.4, -0.2) is 45.4 Å². The zero-order valence-electron chi connectivity index (χ0n) is 14.2. The Hall–Kier alpha value is -2.14. The van der Waals surface area contributed by atoms with Crippen molar-refractivity contribution in [2.45, 2.75) is 38.6 Å². The zero-order chi connectivity index (χ0) is 16.9. The van der Waals surface area contributed by atoms with Crippen LogP contribution in [0.15, 0.2) is 36.7 Å². The van der Waals surface area contributed by atoms with E-state index >= 15 is 0 Å². The summed E-state index contributed by atoms with van der Waals surface area (Å²) in [6.45, 7) is 3.74. The monoisotopic (exact) mass is 327 g/mol. The molecule has 0 saturated carbocycles. The molecular formula is C19H25N3O2. The Morgan fingerprint density at radius 2 is 1.92 bits per heavy atom. The molecule has 3 rings (SSSR count). The molecule has 1 aliphatic heterocycles. The predicted molar refractivity (Wildman–Crippen MR) is 93.6 cm³/mol. The van der Waals surface area contributed by atoms with Crippen LogP contribution in [0.2, 0.25) is 0 Å². The summed E-state index contributed by atoms with van der Waals surface area (Å²) in [5, 5.41) is 13.5. The first-order chi connectivity index (χ1) is 11.7. The molecule has 1 aliphatic rings. The van der Waals surface area contributed by atoms with Crippen LogP contribution in [0.1, 0.15) is 37.8 Å². The average Bonchev–Trinajstić information content (AvgIpc) is 3.12. The summed E-state index contributed by atoms with van der Waals surface area (Å²) in [5.41, 5.74) is 3.39. The summed E-state index contributed by atoms with van der Waals surface area (Å²) in [6, 6.07) is 8.63. The fourth-order valence-electron chi connectivity index (χ4n) is 3.28. The Morgan fingerprint density at radius 3 is 2.54 bits per heavy atom. The molecule has 0 aliphatic carbocycles. The van der Waals surface area contributed by atoms with Gasteiger partial charge in [0.2, 0.25) is 5.91 Å². The maximum absolute atomic E-state index is 11.8. The van der Waals surface area contributed by atoms with Gasteiger partial charge in [-0.05, 0) is 30.4 Å². The van der Waals surface area contributed by atoms with E-state index in [2.05, 4.69) is 35.6 Å². The third-order valence-corrected chi connectivity index (χ3v) is 4.78. The van der Waals surface area contributed by atoms with Gasteiger partial charge in [0, 0.05) is 37.9 Å². The molecule has 1 aromatic heterocycles. The van der Waals surface area contributed by atoms with Gasteiger partial charge >= 0.3 is 0 Å². The average molecular weight is 327 g/mol. The van der Waals surface area contributed by atoms with Crippen LogP contribution < -0.4 is 0 Å². The molecule has 1 fully saturated rings. The van der Waals surface area contributed by atoms with Crippen LogP contribution in [0.5, 0.6) is 0 Å². The fourth-order valence-corrected chi connectivity index (χ4v) is 3.28. The standard InChI is InChI=1S/C19H25N3O2/c1-2-19(24)21-10-7-18(8-11-21)22-14-17(13-20-22)16-5-3-15(4-6-16)9-12-23/h3-6,13-14,18,23H,2,7-12H2,1H3. The van der Waals surface area contributed by atoms with Crippen molar-refractivity contribution in [3.8, 4) is 11.1 Å². The normalized spacial score (nSPS) is 15.7. The van der Waals surface area contributed by atoms with Gasteiger partial charge < -0.3 is 10.0 Å². The lowest BCUT2D eigenvalue weighted by Crippen LogP contribution is -2.38. The summed E-state index contributed by atoms with van der Waals surface area (Å²) in [7, 11) is 0. The van der Waals surface area contributed by atoms with E-state index in [-0.39, 0.29) is 12.5 Å². The maximum atomic E-state index is 11.8. The van der Waals surface area contributed by atoms with Gasteiger partial charge in [-0.3, -0.25) is 9.48 Å². The van der Waals surface area contributed by atoms with Crippen LogP contribution in [0.4, 0.5) is 0 Å². The minimum atomic E-state index is 0.177. The molecule has 0 atom stereocenters. The van der Waals surface area contributed by atoms with Gasteiger partial charge in [0.15, 0.2) is 0 Å². The molecule has 0 bridgehead atoms. The third kappa shape index (κ3) is 3.67. The van der Waals surface area contributed by atoms with E-state index in [4.69, 9.17) is 5.11 Å². The highest BCUT2D eigenvalue weighted by atomic mass is 16.3. The van der Waals surface area contributed by atoms with Crippen LogP contribution in [0.3, 0.4) is 0 Å². The van der Waals surface area contributed by atoms with Gasteiger partial charge in [0.1, 0.15) is 0 Å². The minimum absolute atomic E-state index is 0.177. The number of benzene rings is 1. The molecule has 5 nitrogen and oxygen atoms in total. The number of aromatic nitrogens is 2. The fraction of sp³-hybridized carbons (Fsp3) is 0.474. The number of carbonyl (C=O) groups excluding carboxylic acids is 1. The molecule has 1 saturated heterocycles. The van der Waals surface area contributed by atoms with Crippen molar-refractivity contribution in [2.24, 2.45) is 0 Å². The molecule has 0 radical (unpaired) electrons. The summed E-state index contributed by atoms with van der Waals surface area (Å²) >= 11 is 0. The number of aliphatic hydroxyl groups excluding tert-OH is 1. The third-order valence-electron chi connectivity index (χ3n) is 4.78. The second kappa shape index (κ2) is 7.62. The molecule has 1 N–H and O–H groups in total. The van der Waals surface area contributed by atoms with E-state index in [9.17, 15) is 4.79 Å². The highest BCUT2D eigenvalue weighted by Gasteiger charge is 2.23. The second-order valence-corrected chi connectivity index (χ2v) is 6.35. The Balaban J connectivity index is 1.64. The molecule has 0 spiro atoms. The number of nitrogens with zero attached hydrogens (tertiary/aromatic N) is 3. The number of likely N-dealkylation sites (tertiary alicyclic amines) is 1. The van der Waals surface area contributed by atoms with Gasteiger partial charge in [-0.2, -0.15) is 5.10 Å². The second-order valence-electron chi connectivity index (χ2n) is 6.35. The van der Waals surface area contributed by atoms with Crippen LogP contribution in [0, 0.1) is 0 Å². The Bertz CT molecular complexity index is 670. The number of amides is 1. The molecule has 128 valence electrons. The summed E-state index contributed by atoms with van der Waals surface area (Å²) < 4.78 is 2.05. The quantitative estimate of drug-likeness (QED) is 0.918. The van der Waals surface area contributed by atoms with E-state index in [1.165, 1.54) is 0 Å². The highest BCUT2D eigenvalue weighted by Crippen LogP contribution is 2.26. The van der Waals surface area contributed by atoms with Crippen molar-refractivity contribution in [3.05, 3.63) is 42.2 Å². The zero-order valence-corrected chi connectivity index (χ0v) is 14.2. The van der Waals surface area contributed by atoms with E-state index in [0.717, 1.165) is 42.6 Å². The topological polar surface area (TPSA) is 58.4 Å². The van der Waals surface area contributed by atoms with Gasteiger partial charge in [-0.15, -0.1) is 0 Å². The van der Waals surface area contributed by atoms with E-state index in [0.29, 0.717) is 18.9 Å². The van der Waals surface area contributed by atoms with Gasteiger partial charge in [-0.25, -0.2) is 0 Å². The van der Waals surface area contributed by atoms with Gasteiger partial charge in [0.25, 0.3) is 0 Å². The predicted octanol–water partition coefficient (Wildman–Crippen LogP) is 2.66. The molecule has 2 heterocycles. The minimum Gasteiger partial charge on any atom is -0.396 e. The number of hydrogen-bond donors (Lipinski definition) is 1. The molecule has 1 amide bonds. The number of aliphatic hydroxyl groups is 1. The number of hydrogen-bond acceptors (Lipinski definition) is 3. The highest BCUT2D eigenvalue weighted by molar-refractivity contribution is 5.75. The lowest BCUT2D eigenvalue weighted by Gasteiger charge is -2.32. The first-order valence-electron chi connectivity index (χ1n) is 8.73. The van der Waals surface area contributed by atoms with Crippen molar-refractivity contribution >= 4 is 5.91 Å². The van der Waals surface area contributed by atoms with Crippen LogP contribution in [-0.2, 0) is 11.2 Å². The van der Waals surface area contributed by atoms with Crippen molar-refractivity contribution in [2.75, 3.05) is 19.7 Å². The Kier molecular flexibility index (Phi) is 5.30. The van der Waals surface area contributed by atoms with Crippen molar-refractivity contribution in [3.63, 3.8) is 0 Å². The molecular weight excluding hydrogens is 302 g/mol. The molecule has 0 unspecified atom stereocenters. The largest absolute Gasteiger partial charge is 0.396 e. The smallest absolute Gasteiger partial charge is 0.222 e. The van der Waals surface area contributed by atoms with E-state index < -0.39 is 0 Å². The first kappa shape index (κ1) is 16.7. The Labute approximate surface area is 142 Å². The SMILES string of the molecule is CCC(=O)N1CCC(n2cc(-c3ccc(CCO)cc3)cn2)CC1. The molecule has 5 heteroatoms. The lowest BCUT2D eigenvalue weighted by molar-refractivity contribution is -0.132. The number of carbonyl (C=O) groups is 1. The van der Waals surface area contributed by atoms with Crippen molar-refractivity contribution in [1.29, 1.82) is 0 Å². The van der Waals surface area contributed by atoms with Crippen LogP contribution in [0.25, 0.3) is 11.1 Å². The molecule has 1 aromatic carbocycles. The summed E-state index contributed by atoms with van der Waals surface area (Å²) in [5.74, 6) is 0.248. The van der Waals surface area contributed by atoms with E-state index in [1.54, 1.807) is 0 Å². The Morgan fingerprint density at radius 1 is 1.21 bits per heavy atom. The number of rotatable bonds is 5. The summed E-state index contributed by atoms with van der Waals surface area (Å²) in [4.78, 5) is 13.7.